The highest BCUT2D eigenvalue weighted by molar-refractivity contribution is 14.2. The molecule has 3 aromatic heterocycles. The number of fused-ring (bicyclic) bond motifs is 1. The van der Waals surface area contributed by atoms with Crippen molar-refractivity contribution in [2.24, 2.45) is 5.92 Å². The van der Waals surface area contributed by atoms with E-state index in [0.717, 1.165) is 35.0 Å². The number of aromatic nitrogens is 4. The van der Waals surface area contributed by atoms with Crippen LogP contribution in [0.5, 0.6) is 5.75 Å². The number of anilines is 2. The second-order valence-corrected chi connectivity index (χ2v) is 8.18. The predicted molar refractivity (Wildman–Crippen MR) is 114 cm³/mol. The first kappa shape index (κ1) is 18.3. The summed E-state index contributed by atoms with van der Waals surface area (Å²) < 4.78 is 1.95. The molecule has 0 aliphatic heterocycles. The maximum atomic E-state index is 12.1. The number of nitrogens with one attached hydrogen (secondary N) is 2. The molecule has 27 heavy (non-hydrogen) atoms. The number of aromatic hydroxyl groups is 1. The fourth-order valence-electron chi connectivity index (χ4n) is 2.82. The molecule has 0 radical (unpaired) electrons. The van der Waals surface area contributed by atoms with Crippen molar-refractivity contribution < 1.29 is 9.90 Å². The van der Waals surface area contributed by atoms with E-state index in [9.17, 15) is 9.90 Å². The predicted octanol–water partition coefficient (Wildman–Crippen LogP) is 3.65. The van der Waals surface area contributed by atoms with E-state index >= 15 is 0 Å². The van der Waals surface area contributed by atoms with Gasteiger partial charge in [-0.3, -0.25) is 19.1 Å². The van der Waals surface area contributed by atoms with Gasteiger partial charge in [-0.2, -0.15) is 9.97 Å². The quantitative estimate of drug-likeness (QED) is 0.448. The molecule has 1 aliphatic rings. The third-order valence-electron chi connectivity index (χ3n) is 4.30. The van der Waals surface area contributed by atoms with Crippen LogP contribution in [0, 0.1) is 12.8 Å². The molecule has 4 rings (SSSR count). The number of halogens is 1. The number of carbonyl (C=O) groups is 1. The van der Waals surface area contributed by atoms with Gasteiger partial charge in [-0.25, -0.2) is 0 Å². The summed E-state index contributed by atoms with van der Waals surface area (Å²) in [4.78, 5) is 25.2. The monoisotopic (exact) mass is 496 g/mol. The summed E-state index contributed by atoms with van der Waals surface area (Å²) in [5.41, 5.74) is 2.60. The Kier molecular flexibility index (Phi) is 5.08. The zero-order valence-electron chi connectivity index (χ0n) is 14.4. The standard InChI is InChI=1S/C17H17IN6O2S/c1-9-8-24(27-18)15-13(9)14(20-6-10-4-12(25)7-19-5-10)21-17(22-15)23-16(26)11-2-3-11/h4-5,7-8,11,25H,2-3,6H2,1H3,(H2,20,21,22,23,26). The third-order valence-corrected chi connectivity index (χ3v) is 6.00. The highest BCUT2D eigenvalue weighted by Gasteiger charge is 2.30. The topological polar surface area (TPSA) is 105 Å². The van der Waals surface area contributed by atoms with Crippen LogP contribution in [0.15, 0.2) is 24.7 Å². The van der Waals surface area contributed by atoms with Crippen molar-refractivity contribution >= 4 is 59.0 Å². The second-order valence-electron chi connectivity index (χ2n) is 6.47. The lowest BCUT2D eigenvalue weighted by molar-refractivity contribution is -0.117. The Hall–Kier alpha value is -2.08. The highest BCUT2D eigenvalue weighted by Crippen LogP contribution is 2.33. The zero-order chi connectivity index (χ0) is 19.0. The summed E-state index contributed by atoms with van der Waals surface area (Å²) in [6.45, 7) is 2.43. The lowest BCUT2D eigenvalue weighted by atomic mass is 10.2. The number of carbonyl (C=O) groups excluding carboxylic acids is 1. The van der Waals surface area contributed by atoms with E-state index in [-0.39, 0.29) is 17.6 Å². The number of rotatable bonds is 6. The van der Waals surface area contributed by atoms with E-state index in [2.05, 4.69) is 46.8 Å². The highest BCUT2D eigenvalue weighted by atomic mass is 127. The summed E-state index contributed by atoms with van der Waals surface area (Å²) >= 11 is 2.19. The summed E-state index contributed by atoms with van der Waals surface area (Å²) in [5.74, 6) is 1.08. The number of aryl methyl sites for hydroxylation is 1. The molecule has 3 aromatic rings. The van der Waals surface area contributed by atoms with Crippen molar-refractivity contribution in [3.05, 3.63) is 35.8 Å². The van der Waals surface area contributed by atoms with Gasteiger partial charge in [-0.15, -0.1) is 0 Å². The summed E-state index contributed by atoms with van der Waals surface area (Å²) in [7, 11) is 1.50. The maximum absolute atomic E-state index is 12.1. The summed E-state index contributed by atoms with van der Waals surface area (Å²) in [6.07, 6.45) is 6.90. The minimum absolute atomic E-state index is 0.0329. The van der Waals surface area contributed by atoms with E-state index in [1.807, 2.05) is 17.1 Å². The molecule has 140 valence electrons. The minimum Gasteiger partial charge on any atom is -0.506 e. The fraction of sp³-hybridized carbons (Fsp3) is 0.294. The molecule has 1 aliphatic carbocycles. The van der Waals surface area contributed by atoms with Gasteiger partial charge >= 0.3 is 0 Å². The van der Waals surface area contributed by atoms with Gasteiger partial charge in [0.1, 0.15) is 11.6 Å². The van der Waals surface area contributed by atoms with Crippen molar-refractivity contribution in [1.29, 1.82) is 0 Å². The van der Waals surface area contributed by atoms with E-state index in [1.54, 1.807) is 12.3 Å². The third kappa shape index (κ3) is 3.95. The molecule has 0 saturated heterocycles. The first-order valence-corrected chi connectivity index (χ1v) is 11.7. The average Bonchev–Trinajstić information content (AvgIpc) is 3.44. The van der Waals surface area contributed by atoms with Gasteiger partial charge in [0.15, 0.2) is 5.65 Å². The van der Waals surface area contributed by atoms with Crippen molar-refractivity contribution in [2.75, 3.05) is 10.6 Å². The SMILES string of the molecule is Cc1cn(SI)c2nc(NC(=O)C3CC3)nc(NCc3cncc(O)c3)c12. The number of hydrogen-bond acceptors (Lipinski definition) is 7. The number of amides is 1. The Morgan fingerprint density at radius 2 is 2.22 bits per heavy atom. The van der Waals surface area contributed by atoms with Crippen LogP contribution in [0.2, 0.25) is 0 Å². The van der Waals surface area contributed by atoms with Crippen LogP contribution < -0.4 is 10.6 Å². The Morgan fingerprint density at radius 3 is 2.93 bits per heavy atom. The van der Waals surface area contributed by atoms with E-state index < -0.39 is 0 Å². The van der Waals surface area contributed by atoms with Crippen molar-refractivity contribution in [2.45, 2.75) is 26.3 Å². The molecular weight excluding hydrogens is 479 g/mol. The molecule has 1 saturated carbocycles. The summed E-state index contributed by atoms with van der Waals surface area (Å²) in [5, 5.41) is 16.6. The normalized spacial score (nSPS) is 13.7. The molecule has 1 fully saturated rings. The first-order chi connectivity index (χ1) is 13.0. The van der Waals surface area contributed by atoms with E-state index in [1.165, 1.54) is 15.3 Å². The average molecular weight is 496 g/mol. The molecule has 0 atom stereocenters. The van der Waals surface area contributed by atoms with Crippen LogP contribution in [0.1, 0.15) is 24.0 Å². The van der Waals surface area contributed by atoms with Crippen molar-refractivity contribution in [3.8, 4) is 5.75 Å². The Labute approximate surface area is 171 Å². The molecule has 0 spiro atoms. The van der Waals surface area contributed by atoms with Crippen LogP contribution in [-0.4, -0.2) is 29.9 Å². The summed E-state index contributed by atoms with van der Waals surface area (Å²) in [6, 6.07) is 1.65. The van der Waals surface area contributed by atoms with Crippen LogP contribution >= 0.6 is 30.3 Å². The van der Waals surface area contributed by atoms with Crippen LogP contribution in [-0.2, 0) is 11.3 Å². The molecule has 0 unspecified atom stereocenters. The zero-order valence-corrected chi connectivity index (χ0v) is 17.4. The van der Waals surface area contributed by atoms with Crippen LogP contribution in [0.4, 0.5) is 11.8 Å². The van der Waals surface area contributed by atoms with Gasteiger partial charge in [0.2, 0.25) is 11.9 Å². The first-order valence-electron chi connectivity index (χ1n) is 8.41. The van der Waals surface area contributed by atoms with Crippen molar-refractivity contribution in [3.63, 3.8) is 0 Å². The number of hydrogen-bond donors (Lipinski definition) is 3. The van der Waals surface area contributed by atoms with Crippen molar-refractivity contribution in [1.82, 2.24) is 18.9 Å². The smallest absolute Gasteiger partial charge is 0.233 e. The van der Waals surface area contributed by atoms with Crippen LogP contribution in [0.25, 0.3) is 11.0 Å². The van der Waals surface area contributed by atoms with E-state index in [0.29, 0.717) is 18.3 Å². The molecule has 3 heterocycles. The lowest BCUT2D eigenvalue weighted by Crippen LogP contribution is -2.16. The van der Waals surface area contributed by atoms with Gasteiger partial charge < -0.3 is 10.4 Å². The van der Waals surface area contributed by atoms with Gasteiger partial charge in [-0.05, 0) is 37.0 Å². The second kappa shape index (κ2) is 7.50. The Bertz CT molecular complexity index is 1020. The number of pyridine rings is 1. The van der Waals surface area contributed by atoms with Gasteiger partial charge in [0.25, 0.3) is 0 Å². The Balaban J connectivity index is 1.69. The molecule has 10 heteroatoms. The fourth-order valence-corrected chi connectivity index (χ4v) is 4.12. The van der Waals surface area contributed by atoms with Gasteiger partial charge in [0.05, 0.1) is 11.6 Å². The van der Waals surface area contributed by atoms with Gasteiger partial charge in [-0.1, -0.05) is 0 Å². The Morgan fingerprint density at radius 1 is 1.41 bits per heavy atom. The number of nitrogens with zero attached hydrogens (tertiary/aromatic N) is 4. The largest absolute Gasteiger partial charge is 0.506 e. The molecule has 1 amide bonds. The van der Waals surface area contributed by atoms with E-state index in [4.69, 9.17) is 0 Å². The van der Waals surface area contributed by atoms with Gasteiger partial charge in [0, 0.05) is 55.2 Å². The molecule has 8 nitrogen and oxygen atoms in total. The molecule has 0 aromatic carbocycles. The van der Waals surface area contributed by atoms with Crippen LogP contribution in [0.3, 0.4) is 0 Å². The molecule has 3 N–H and O–H groups in total. The molecular formula is C17H17IN6O2S. The maximum Gasteiger partial charge on any atom is 0.233 e. The minimum atomic E-state index is -0.0329. The molecule has 0 bridgehead atoms. The lowest BCUT2D eigenvalue weighted by Gasteiger charge is -2.11.